The number of carboxylic acid groups (broad SMARTS) is 1. The van der Waals surface area contributed by atoms with E-state index in [2.05, 4.69) is 4.72 Å². The highest BCUT2D eigenvalue weighted by Gasteiger charge is 2.25. The third-order valence-corrected chi connectivity index (χ3v) is 4.52. The SMILES string of the molecule is Cc1cccc(NS(=O)(=O)CC2CCCO2)c1C(=O)O. The molecule has 1 aliphatic rings. The molecule has 1 unspecified atom stereocenters. The second kappa shape index (κ2) is 5.80. The quantitative estimate of drug-likeness (QED) is 0.861. The van der Waals surface area contributed by atoms with Gasteiger partial charge in [0.05, 0.1) is 23.1 Å². The summed E-state index contributed by atoms with van der Waals surface area (Å²) in [4.78, 5) is 11.2. The molecule has 2 N–H and O–H groups in total. The van der Waals surface area contributed by atoms with Gasteiger partial charge in [-0.3, -0.25) is 4.72 Å². The predicted molar refractivity (Wildman–Crippen MR) is 74.5 cm³/mol. The van der Waals surface area contributed by atoms with Gasteiger partial charge in [-0.1, -0.05) is 12.1 Å². The molecule has 1 aliphatic heterocycles. The summed E-state index contributed by atoms with van der Waals surface area (Å²) in [7, 11) is -3.63. The van der Waals surface area contributed by atoms with Gasteiger partial charge in [0.25, 0.3) is 0 Å². The molecule has 0 radical (unpaired) electrons. The molecule has 1 heterocycles. The lowest BCUT2D eigenvalue weighted by molar-refractivity contribution is 0.0697. The maximum Gasteiger partial charge on any atom is 0.338 e. The summed E-state index contributed by atoms with van der Waals surface area (Å²) in [6.07, 6.45) is 1.25. The lowest BCUT2D eigenvalue weighted by Crippen LogP contribution is -2.26. The summed E-state index contributed by atoms with van der Waals surface area (Å²) >= 11 is 0. The number of nitrogens with one attached hydrogen (secondary N) is 1. The van der Waals surface area contributed by atoms with E-state index in [0.29, 0.717) is 18.6 Å². The van der Waals surface area contributed by atoms with Gasteiger partial charge in [-0.15, -0.1) is 0 Å². The van der Waals surface area contributed by atoms with Gasteiger partial charge in [0, 0.05) is 6.61 Å². The van der Waals surface area contributed by atoms with Crippen molar-refractivity contribution < 1.29 is 23.1 Å². The number of rotatable bonds is 5. The molecule has 7 heteroatoms. The van der Waals surface area contributed by atoms with Gasteiger partial charge in [0.1, 0.15) is 0 Å². The van der Waals surface area contributed by atoms with Crippen LogP contribution in [0.1, 0.15) is 28.8 Å². The van der Waals surface area contributed by atoms with Gasteiger partial charge in [-0.25, -0.2) is 13.2 Å². The molecule has 0 spiro atoms. The first-order valence-electron chi connectivity index (χ1n) is 6.34. The summed E-state index contributed by atoms with van der Waals surface area (Å²) in [5.74, 6) is -1.31. The minimum atomic E-state index is -3.63. The van der Waals surface area contributed by atoms with E-state index in [1.54, 1.807) is 19.1 Å². The highest BCUT2D eigenvalue weighted by atomic mass is 32.2. The van der Waals surface area contributed by atoms with E-state index in [1.807, 2.05) is 0 Å². The molecule has 1 aromatic carbocycles. The van der Waals surface area contributed by atoms with Crippen molar-refractivity contribution in [2.24, 2.45) is 0 Å². The fourth-order valence-electron chi connectivity index (χ4n) is 2.27. The molecule has 0 aliphatic carbocycles. The molecule has 0 amide bonds. The van der Waals surface area contributed by atoms with E-state index >= 15 is 0 Å². The summed E-state index contributed by atoms with van der Waals surface area (Å²) in [5, 5.41) is 9.17. The number of benzene rings is 1. The Morgan fingerprint density at radius 1 is 1.50 bits per heavy atom. The summed E-state index contributed by atoms with van der Waals surface area (Å²) in [6.45, 7) is 2.20. The van der Waals surface area contributed by atoms with E-state index in [1.165, 1.54) is 6.07 Å². The van der Waals surface area contributed by atoms with Crippen LogP contribution in [0.3, 0.4) is 0 Å². The highest BCUT2D eigenvalue weighted by Crippen LogP contribution is 2.22. The fourth-order valence-corrected chi connectivity index (χ4v) is 3.61. The Morgan fingerprint density at radius 2 is 2.25 bits per heavy atom. The molecular weight excluding hydrogens is 282 g/mol. The highest BCUT2D eigenvalue weighted by molar-refractivity contribution is 7.92. The molecule has 110 valence electrons. The molecule has 0 aromatic heterocycles. The first-order chi connectivity index (χ1) is 9.39. The zero-order valence-corrected chi connectivity index (χ0v) is 11.9. The summed E-state index contributed by atoms with van der Waals surface area (Å²) < 4.78 is 31.8. The van der Waals surface area contributed by atoms with E-state index < -0.39 is 16.0 Å². The van der Waals surface area contributed by atoms with Crippen LogP contribution in [0, 0.1) is 6.92 Å². The number of sulfonamides is 1. The predicted octanol–water partition coefficient (Wildman–Crippen LogP) is 1.61. The van der Waals surface area contributed by atoms with Gasteiger partial charge in [-0.05, 0) is 31.4 Å². The largest absolute Gasteiger partial charge is 0.478 e. The molecule has 1 saturated heterocycles. The number of hydrogen-bond donors (Lipinski definition) is 2. The molecule has 0 saturated carbocycles. The first kappa shape index (κ1) is 14.8. The Balaban J connectivity index is 2.20. The van der Waals surface area contributed by atoms with Gasteiger partial charge in [0.15, 0.2) is 0 Å². The van der Waals surface area contributed by atoms with Crippen molar-refractivity contribution in [2.75, 3.05) is 17.1 Å². The van der Waals surface area contributed by atoms with Crippen molar-refractivity contribution in [3.63, 3.8) is 0 Å². The maximum absolute atomic E-state index is 12.1. The standard InChI is InChI=1S/C13H17NO5S/c1-9-4-2-6-11(12(9)13(15)16)14-20(17,18)8-10-5-3-7-19-10/h2,4,6,10,14H,3,5,7-8H2,1H3,(H,15,16). The molecule has 1 atom stereocenters. The first-order valence-corrected chi connectivity index (χ1v) is 7.99. The Morgan fingerprint density at radius 3 is 2.85 bits per heavy atom. The van der Waals surface area contributed by atoms with Crippen LogP contribution in [0.4, 0.5) is 5.69 Å². The number of carboxylic acids is 1. The Bertz CT molecular complexity index is 605. The van der Waals surface area contributed by atoms with Crippen LogP contribution < -0.4 is 4.72 Å². The molecule has 2 rings (SSSR count). The summed E-state index contributed by atoms with van der Waals surface area (Å²) in [5.41, 5.74) is 0.578. The molecule has 0 bridgehead atoms. The maximum atomic E-state index is 12.1. The lowest BCUT2D eigenvalue weighted by atomic mass is 10.1. The second-order valence-electron chi connectivity index (χ2n) is 4.82. The van der Waals surface area contributed by atoms with Crippen LogP contribution in [0.15, 0.2) is 18.2 Å². The lowest BCUT2D eigenvalue weighted by Gasteiger charge is -2.14. The molecule has 1 aromatic rings. The van der Waals surface area contributed by atoms with E-state index in [9.17, 15) is 13.2 Å². The number of hydrogen-bond acceptors (Lipinski definition) is 4. The minimum absolute atomic E-state index is 0.0246. The van der Waals surface area contributed by atoms with Crippen molar-refractivity contribution >= 4 is 21.7 Å². The van der Waals surface area contributed by atoms with Crippen LogP contribution >= 0.6 is 0 Å². The van der Waals surface area contributed by atoms with Crippen LogP contribution in [-0.4, -0.2) is 38.0 Å². The van der Waals surface area contributed by atoms with Crippen LogP contribution in [0.25, 0.3) is 0 Å². The van der Waals surface area contributed by atoms with Crippen molar-refractivity contribution in [2.45, 2.75) is 25.9 Å². The number of anilines is 1. The normalized spacial score (nSPS) is 18.9. The molecule has 20 heavy (non-hydrogen) atoms. The van der Waals surface area contributed by atoms with E-state index in [4.69, 9.17) is 9.84 Å². The van der Waals surface area contributed by atoms with Crippen molar-refractivity contribution in [3.8, 4) is 0 Å². The van der Waals surface area contributed by atoms with E-state index in [0.717, 1.165) is 6.42 Å². The smallest absolute Gasteiger partial charge is 0.338 e. The van der Waals surface area contributed by atoms with Crippen molar-refractivity contribution in [3.05, 3.63) is 29.3 Å². The Labute approximate surface area is 117 Å². The molecular formula is C13H17NO5S. The van der Waals surface area contributed by atoms with E-state index in [-0.39, 0.29) is 23.1 Å². The van der Waals surface area contributed by atoms with Gasteiger partial charge in [0.2, 0.25) is 10.0 Å². The minimum Gasteiger partial charge on any atom is -0.478 e. The fraction of sp³-hybridized carbons (Fsp3) is 0.462. The van der Waals surface area contributed by atoms with Crippen molar-refractivity contribution in [1.29, 1.82) is 0 Å². The second-order valence-corrected chi connectivity index (χ2v) is 6.59. The molecule has 1 fully saturated rings. The van der Waals surface area contributed by atoms with Gasteiger partial charge < -0.3 is 9.84 Å². The summed E-state index contributed by atoms with van der Waals surface area (Å²) in [6, 6.07) is 4.69. The van der Waals surface area contributed by atoms with Crippen LogP contribution in [0.2, 0.25) is 0 Å². The third-order valence-electron chi connectivity index (χ3n) is 3.18. The average Bonchev–Trinajstić information content (AvgIpc) is 2.79. The third kappa shape index (κ3) is 3.49. The zero-order valence-electron chi connectivity index (χ0n) is 11.1. The van der Waals surface area contributed by atoms with Crippen molar-refractivity contribution in [1.82, 2.24) is 0 Å². The Kier molecular flexibility index (Phi) is 4.29. The zero-order chi connectivity index (χ0) is 14.8. The number of aryl methyl sites for hydroxylation is 1. The number of ether oxygens (including phenoxy) is 1. The average molecular weight is 299 g/mol. The monoisotopic (exact) mass is 299 g/mol. The molecule has 6 nitrogen and oxygen atoms in total. The van der Waals surface area contributed by atoms with Crippen LogP contribution in [-0.2, 0) is 14.8 Å². The van der Waals surface area contributed by atoms with Gasteiger partial charge >= 0.3 is 5.97 Å². The number of aromatic carboxylic acids is 1. The van der Waals surface area contributed by atoms with Gasteiger partial charge in [-0.2, -0.15) is 0 Å². The topological polar surface area (TPSA) is 92.7 Å². The van der Waals surface area contributed by atoms with Crippen LogP contribution in [0.5, 0.6) is 0 Å². The number of carbonyl (C=O) groups is 1. The Hall–Kier alpha value is -1.60.